The Morgan fingerprint density at radius 3 is 2.31 bits per heavy atom. The molecule has 2 N–H and O–H groups in total. The van der Waals surface area contributed by atoms with E-state index in [2.05, 4.69) is 20.4 Å². The van der Waals surface area contributed by atoms with Crippen LogP contribution in [0.15, 0.2) is 66.9 Å². The van der Waals surface area contributed by atoms with Gasteiger partial charge in [0.1, 0.15) is 11.4 Å². The number of nitrogens with zero attached hydrogens (tertiary/aromatic N) is 1. The lowest BCUT2D eigenvalue weighted by Crippen LogP contribution is -2.23. The van der Waals surface area contributed by atoms with Crippen molar-refractivity contribution in [3.63, 3.8) is 0 Å². The quantitative estimate of drug-likeness (QED) is 0.599. The maximum absolute atomic E-state index is 12.4. The normalized spacial score (nSPS) is 10.1. The highest BCUT2D eigenvalue weighted by Gasteiger charge is 2.09. The van der Waals surface area contributed by atoms with Gasteiger partial charge in [-0.3, -0.25) is 9.78 Å². The van der Waals surface area contributed by atoms with Crippen molar-refractivity contribution in [3.05, 3.63) is 83.7 Å². The smallest absolute Gasteiger partial charge is 0.337 e. The second-order valence-corrected chi connectivity index (χ2v) is 6.15. The lowest BCUT2D eigenvalue weighted by atomic mass is 10.2. The lowest BCUT2D eigenvalue weighted by molar-refractivity contribution is 0.0600. The van der Waals surface area contributed by atoms with E-state index in [0.717, 1.165) is 17.0 Å². The third-order valence-electron chi connectivity index (χ3n) is 4.20. The van der Waals surface area contributed by atoms with Crippen molar-refractivity contribution in [2.45, 2.75) is 6.54 Å². The molecule has 7 nitrogen and oxygen atoms in total. The number of anilines is 2. The monoisotopic (exact) mass is 391 g/mol. The molecule has 0 aliphatic carbocycles. The third kappa shape index (κ3) is 5.32. The van der Waals surface area contributed by atoms with Gasteiger partial charge < -0.3 is 20.1 Å². The van der Waals surface area contributed by atoms with Crippen molar-refractivity contribution >= 4 is 23.3 Å². The summed E-state index contributed by atoms with van der Waals surface area (Å²) in [6, 6.07) is 17.7. The highest BCUT2D eigenvalue weighted by molar-refractivity contribution is 5.93. The first kappa shape index (κ1) is 19.9. The molecule has 0 aliphatic heterocycles. The van der Waals surface area contributed by atoms with Crippen LogP contribution < -0.4 is 15.4 Å². The second-order valence-electron chi connectivity index (χ2n) is 6.15. The van der Waals surface area contributed by atoms with Gasteiger partial charge in [-0.15, -0.1) is 0 Å². The first-order chi connectivity index (χ1) is 14.1. The lowest BCUT2D eigenvalue weighted by Gasteiger charge is -2.09. The van der Waals surface area contributed by atoms with Crippen molar-refractivity contribution in [2.75, 3.05) is 19.5 Å². The van der Waals surface area contributed by atoms with Crippen molar-refractivity contribution in [2.24, 2.45) is 0 Å². The average Bonchev–Trinajstić information content (AvgIpc) is 2.78. The molecular weight excluding hydrogens is 370 g/mol. The van der Waals surface area contributed by atoms with Gasteiger partial charge in [0.2, 0.25) is 0 Å². The number of hydrogen-bond donors (Lipinski definition) is 2. The predicted octanol–water partition coefficient (Wildman–Crippen LogP) is 3.55. The van der Waals surface area contributed by atoms with Gasteiger partial charge in [0, 0.05) is 24.1 Å². The molecule has 0 saturated carbocycles. The van der Waals surface area contributed by atoms with Gasteiger partial charge in [-0.25, -0.2) is 4.79 Å². The number of benzene rings is 2. The number of ether oxygens (including phenoxy) is 2. The third-order valence-corrected chi connectivity index (χ3v) is 4.20. The summed E-state index contributed by atoms with van der Waals surface area (Å²) in [5, 5.41) is 6.03. The minimum atomic E-state index is -0.392. The topological polar surface area (TPSA) is 89.5 Å². The first-order valence-corrected chi connectivity index (χ1v) is 8.91. The minimum absolute atomic E-state index is 0.273. The van der Waals surface area contributed by atoms with E-state index in [4.69, 9.17) is 4.74 Å². The molecule has 0 spiro atoms. The SMILES string of the molecule is COC(=O)c1ccc(Nc2ccnc(C(=O)NCc3ccc(OC)cc3)c2)cc1. The number of methoxy groups -OCH3 is 2. The molecule has 1 amide bonds. The van der Waals surface area contributed by atoms with E-state index >= 15 is 0 Å². The first-order valence-electron chi connectivity index (χ1n) is 8.91. The number of nitrogens with one attached hydrogen (secondary N) is 2. The average molecular weight is 391 g/mol. The molecule has 0 atom stereocenters. The maximum atomic E-state index is 12.4. The largest absolute Gasteiger partial charge is 0.497 e. The molecule has 7 heteroatoms. The number of aromatic nitrogens is 1. The zero-order chi connectivity index (χ0) is 20.6. The van der Waals surface area contributed by atoms with Gasteiger partial charge in [0.05, 0.1) is 19.8 Å². The Morgan fingerprint density at radius 1 is 0.931 bits per heavy atom. The van der Waals surface area contributed by atoms with Crippen LogP contribution in [0.25, 0.3) is 0 Å². The van der Waals surface area contributed by atoms with Crippen LogP contribution in [0, 0.1) is 0 Å². The van der Waals surface area contributed by atoms with Crippen molar-refractivity contribution in [1.82, 2.24) is 10.3 Å². The van der Waals surface area contributed by atoms with Crippen LogP contribution in [0.2, 0.25) is 0 Å². The van der Waals surface area contributed by atoms with Gasteiger partial charge in [0.25, 0.3) is 5.91 Å². The minimum Gasteiger partial charge on any atom is -0.497 e. The number of esters is 1. The standard InChI is InChI=1S/C22H21N3O4/c1-28-19-9-3-15(4-10-19)14-24-21(26)20-13-18(11-12-23-20)25-17-7-5-16(6-8-17)22(27)29-2/h3-13H,14H2,1-2H3,(H,23,25)(H,24,26). The summed E-state index contributed by atoms with van der Waals surface area (Å²) in [6.07, 6.45) is 1.56. The van der Waals surface area contributed by atoms with Crippen LogP contribution in [0.1, 0.15) is 26.4 Å². The number of rotatable bonds is 7. The molecule has 0 radical (unpaired) electrons. The summed E-state index contributed by atoms with van der Waals surface area (Å²) in [4.78, 5) is 28.1. The van der Waals surface area contributed by atoms with Crippen LogP contribution >= 0.6 is 0 Å². The Morgan fingerprint density at radius 2 is 1.66 bits per heavy atom. The number of hydrogen-bond acceptors (Lipinski definition) is 6. The van der Waals surface area contributed by atoms with Gasteiger partial charge in [-0.05, 0) is 54.1 Å². The van der Waals surface area contributed by atoms with E-state index in [1.54, 1.807) is 49.7 Å². The summed E-state index contributed by atoms with van der Waals surface area (Å²) in [7, 11) is 2.95. The van der Waals surface area contributed by atoms with Gasteiger partial charge in [-0.1, -0.05) is 12.1 Å². The summed E-state index contributed by atoms with van der Waals surface area (Å²) >= 11 is 0. The molecule has 0 fully saturated rings. The number of pyridine rings is 1. The van der Waals surface area contributed by atoms with E-state index < -0.39 is 5.97 Å². The highest BCUT2D eigenvalue weighted by atomic mass is 16.5. The number of carbonyl (C=O) groups is 2. The Balaban J connectivity index is 1.62. The zero-order valence-electron chi connectivity index (χ0n) is 16.1. The zero-order valence-corrected chi connectivity index (χ0v) is 16.1. The van der Waals surface area contributed by atoms with Crippen LogP contribution in [0.4, 0.5) is 11.4 Å². The Kier molecular flexibility index (Phi) is 6.42. The van der Waals surface area contributed by atoms with Crippen LogP contribution in [-0.2, 0) is 11.3 Å². The number of amides is 1. The highest BCUT2D eigenvalue weighted by Crippen LogP contribution is 2.18. The molecule has 29 heavy (non-hydrogen) atoms. The van der Waals surface area contributed by atoms with E-state index in [-0.39, 0.29) is 5.91 Å². The summed E-state index contributed by atoms with van der Waals surface area (Å²) in [5.41, 5.74) is 3.20. The van der Waals surface area contributed by atoms with E-state index in [1.165, 1.54) is 7.11 Å². The molecule has 148 valence electrons. The summed E-state index contributed by atoms with van der Waals surface area (Å²) < 4.78 is 9.81. The molecular formula is C22H21N3O4. The molecule has 0 saturated heterocycles. The Hall–Kier alpha value is -3.87. The fourth-order valence-electron chi connectivity index (χ4n) is 2.62. The molecule has 1 heterocycles. The molecule has 2 aromatic carbocycles. The Bertz CT molecular complexity index is 986. The van der Waals surface area contributed by atoms with Crippen molar-refractivity contribution < 1.29 is 19.1 Å². The van der Waals surface area contributed by atoms with Gasteiger partial charge >= 0.3 is 5.97 Å². The molecule has 3 rings (SSSR count). The van der Waals surface area contributed by atoms with E-state index in [1.807, 2.05) is 24.3 Å². The van der Waals surface area contributed by atoms with Gasteiger partial charge in [-0.2, -0.15) is 0 Å². The van der Waals surface area contributed by atoms with E-state index in [0.29, 0.717) is 23.5 Å². The van der Waals surface area contributed by atoms with Crippen LogP contribution in [0.5, 0.6) is 5.75 Å². The second kappa shape index (κ2) is 9.36. The van der Waals surface area contributed by atoms with Gasteiger partial charge in [0.15, 0.2) is 0 Å². The van der Waals surface area contributed by atoms with E-state index in [9.17, 15) is 9.59 Å². The van der Waals surface area contributed by atoms with Crippen molar-refractivity contribution in [3.8, 4) is 5.75 Å². The predicted molar refractivity (Wildman–Crippen MR) is 109 cm³/mol. The summed E-state index contributed by atoms with van der Waals surface area (Å²) in [5.74, 6) is 0.0990. The summed E-state index contributed by atoms with van der Waals surface area (Å²) in [6.45, 7) is 0.386. The maximum Gasteiger partial charge on any atom is 0.337 e. The van der Waals surface area contributed by atoms with Crippen LogP contribution in [0.3, 0.4) is 0 Å². The Labute approximate surface area is 168 Å². The fourth-order valence-corrected chi connectivity index (χ4v) is 2.62. The molecule has 3 aromatic rings. The van der Waals surface area contributed by atoms with Crippen molar-refractivity contribution in [1.29, 1.82) is 0 Å². The fraction of sp³-hybridized carbons (Fsp3) is 0.136. The molecule has 1 aromatic heterocycles. The van der Waals surface area contributed by atoms with Crippen LogP contribution in [-0.4, -0.2) is 31.1 Å². The molecule has 0 unspecified atom stereocenters. The number of carbonyl (C=O) groups excluding carboxylic acids is 2. The molecule has 0 aliphatic rings. The molecule has 0 bridgehead atoms.